The molecule has 0 fully saturated rings. The summed E-state index contributed by atoms with van der Waals surface area (Å²) in [6, 6.07) is 5.46. The minimum absolute atomic E-state index is 0.320. The quantitative estimate of drug-likeness (QED) is 0.838. The van der Waals surface area contributed by atoms with Gasteiger partial charge in [-0.05, 0) is 31.3 Å². The molecule has 19 heavy (non-hydrogen) atoms. The Kier molecular flexibility index (Phi) is 3.96. The molecule has 100 valence electrons. The third-order valence-electron chi connectivity index (χ3n) is 2.54. The molecular formula is C12H14N4O2S. The second-order valence-electron chi connectivity index (χ2n) is 3.77. The molecule has 0 bridgehead atoms. The number of hydrogen-bond acceptors (Lipinski definition) is 6. The van der Waals surface area contributed by atoms with E-state index in [9.17, 15) is 0 Å². The van der Waals surface area contributed by atoms with Gasteiger partial charge in [0.15, 0.2) is 5.82 Å². The van der Waals surface area contributed by atoms with E-state index in [1.807, 2.05) is 19.1 Å². The van der Waals surface area contributed by atoms with Gasteiger partial charge in [-0.1, -0.05) is 0 Å². The van der Waals surface area contributed by atoms with Gasteiger partial charge in [-0.2, -0.15) is 10.1 Å². The molecule has 0 spiro atoms. The topological polar surface area (TPSA) is 72.1 Å². The molecule has 0 saturated carbocycles. The van der Waals surface area contributed by atoms with Crippen molar-refractivity contribution in [3.8, 4) is 11.5 Å². The molecule has 7 heteroatoms. The molecule has 1 aromatic heterocycles. The van der Waals surface area contributed by atoms with E-state index in [0.717, 1.165) is 11.4 Å². The third kappa shape index (κ3) is 3.00. The summed E-state index contributed by atoms with van der Waals surface area (Å²) in [4.78, 5) is 4.18. The highest BCUT2D eigenvalue weighted by atomic mass is 32.1. The van der Waals surface area contributed by atoms with E-state index in [1.165, 1.54) is 0 Å². The standard InChI is InChI=1S/C12H14N4O2S/c1-7-11(14-12(19)16-15-7)13-9-5-4-8(17-2)6-10(9)18-3/h4-6H,1-3H3,(H2,13,14,16,19). The molecule has 6 nitrogen and oxygen atoms in total. The number of aromatic nitrogens is 3. The second kappa shape index (κ2) is 5.66. The fourth-order valence-electron chi connectivity index (χ4n) is 1.54. The van der Waals surface area contributed by atoms with Gasteiger partial charge in [0.25, 0.3) is 0 Å². The Morgan fingerprint density at radius 2 is 2.05 bits per heavy atom. The van der Waals surface area contributed by atoms with E-state index >= 15 is 0 Å². The molecule has 0 unspecified atom stereocenters. The smallest absolute Gasteiger partial charge is 0.215 e. The largest absolute Gasteiger partial charge is 0.497 e. The first kappa shape index (κ1) is 13.3. The molecule has 0 aliphatic heterocycles. The zero-order valence-corrected chi connectivity index (χ0v) is 11.7. The lowest BCUT2D eigenvalue weighted by Crippen LogP contribution is -2.02. The van der Waals surface area contributed by atoms with E-state index in [0.29, 0.717) is 22.0 Å². The summed E-state index contributed by atoms with van der Waals surface area (Å²) in [7, 11) is 3.20. The lowest BCUT2D eigenvalue weighted by Gasteiger charge is -2.12. The van der Waals surface area contributed by atoms with Crippen LogP contribution < -0.4 is 14.8 Å². The molecule has 0 aliphatic carbocycles. The van der Waals surface area contributed by atoms with Gasteiger partial charge in [-0.25, -0.2) is 0 Å². The van der Waals surface area contributed by atoms with E-state index in [2.05, 4.69) is 20.5 Å². The number of rotatable bonds is 4. The first-order chi connectivity index (χ1) is 9.13. The van der Waals surface area contributed by atoms with Crippen LogP contribution >= 0.6 is 12.2 Å². The van der Waals surface area contributed by atoms with Crippen molar-refractivity contribution in [3.63, 3.8) is 0 Å². The molecule has 2 rings (SSSR count). The Morgan fingerprint density at radius 1 is 1.26 bits per heavy atom. The molecule has 0 aliphatic rings. The summed E-state index contributed by atoms with van der Waals surface area (Å²) in [6.45, 7) is 1.83. The number of ether oxygens (including phenoxy) is 2. The summed E-state index contributed by atoms with van der Waals surface area (Å²) >= 11 is 4.96. The Balaban J connectivity index is 2.37. The molecule has 2 N–H and O–H groups in total. The van der Waals surface area contributed by atoms with Crippen molar-refractivity contribution in [1.29, 1.82) is 0 Å². The number of benzene rings is 1. The Labute approximate surface area is 115 Å². The van der Waals surface area contributed by atoms with Crippen LogP contribution in [0.25, 0.3) is 0 Å². The number of hydrogen-bond donors (Lipinski definition) is 2. The molecule has 0 amide bonds. The van der Waals surface area contributed by atoms with Crippen LogP contribution in [0.5, 0.6) is 11.5 Å². The molecule has 0 saturated heterocycles. The van der Waals surface area contributed by atoms with Gasteiger partial charge in [0, 0.05) is 6.07 Å². The summed E-state index contributed by atoms with van der Waals surface area (Å²) in [6.07, 6.45) is 0. The predicted molar refractivity (Wildman–Crippen MR) is 74.8 cm³/mol. The Bertz CT molecular complexity index is 642. The van der Waals surface area contributed by atoms with Crippen LogP contribution in [0.4, 0.5) is 11.5 Å². The summed E-state index contributed by atoms with van der Waals surface area (Å²) < 4.78 is 10.8. The van der Waals surface area contributed by atoms with Crippen molar-refractivity contribution in [1.82, 2.24) is 15.2 Å². The normalized spacial score (nSPS) is 10.1. The maximum absolute atomic E-state index is 5.31. The number of nitrogens with one attached hydrogen (secondary N) is 2. The maximum Gasteiger partial charge on any atom is 0.215 e. The van der Waals surface area contributed by atoms with Crippen LogP contribution in [0, 0.1) is 11.7 Å². The number of nitrogens with zero attached hydrogens (tertiary/aromatic N) is 2. The SMILES string of the molecule is COc1ccc(Nc2nc(=S)[nH]nc2C)c(OC)c1. The number of aryl methyl sites for hydroxylation is 1. The van der Waals surface area contributed by atoms with Gasteiger partial charge in [-0.15, -0.1) is 0 Å². The number of H-pyrrole nitrogens is 1. The van der Waals surface area contributed by atoms with Crippen molar-refractivity contribution >= 4 is 23.7 Å². The van der Waals surface area contributed by atoms with Gasteiger partial charge in [-0.3, -0.25) is 5.10 Å². The highest BCUT2D eigenvalue weighted by Gasteiger charge is 2.08. The summed E-state index contributed by atoms with van der Waals surface area (Å²) in [5.74, 6) is 1.96. The fraction of sp³-hybridized carbons (Fsp3) is 0.250. The first-order valence-electron chi connectivity index (χ1n) is 5.56. The zero-order chi connectivity index (χ0) is 13.8. The van der Waals surface area contributed by atoms with Gasteiger partial charge in [0.05, 0.1) is 19.9 Å². The molecule has 2 aromatic rings. The minimum Gasteiger partial charge on any atom is -0.497 e. The van der Waals surface area contributed by atoms with Crippen molar-refractivity contribution in [3.05, 3.63) is 28.7 Å². The lowest BCUT2D eigenvalue weighted by molar-refractivity contribution is 0.395. The molecule has 1 aromatic carbocycles. The van der Waals surface area contributed by atoms with Crippen molar-refractivity contribution in [2.75, 3.05) is 19.5 Å². The monoisotopic (exact) mass is 278 g/mol. The van der Waals surface area contributed by atoms with Crippen molar-refractivity contribution < 1.29 is 9.47 Å². The van der Waals surface area contributed by atoms with Crippen LogP contribution in [0.1, 0.15) is 5.69 Å². The minimum atomic E-state index is 0.320. The molecule has 1 heterocycles. The van der Waals surface area contributed by atoms with Crippen LogP contribution in [-0.2, 0) is 0 Å². The van der Waals surface area contributed by atoms with E-state index in [4.69, 9.17) is 21.7 Å². The maximum atomic E-state index is 5.31. The third-order valence-corrected chi connectivity index (χ3v) is 2.72. The average Bonchev–Trinajstić information content (AvgIpc) is 2.43. The second-order valence-corrected chi connectivity index (χ2v) is 4.15. The van der Waals surface area contributed by atoms with Gasteiger partial charge in [0.1, 0.15) is 17.2 Å². The highest BCUT2D eigenvalue weighted by Crippen LogP contribution is 2.31. The lowest BCUT2D eigenvalue weighted by atomic mass is 10.2. The number of anilines is 2. The fourth-order valence-corrected chi connectivity index (χ4v) is 1.68. The van der Waals surface area contributed by atoms with E-state index in [1.54, 1.807) is 20.3 Å². The number of aromatic amines is 1. The van der Waals surface area contributed by atoms with Gasteiger partial charge in [0.2, 0.25) is 4.77 Å². The predicted octanol–water partition coefficient (Wildman–Crippen LogP) is 2.60. The number of methoxy groups -OCH3 is 2. The Hall–Kier alpha value is -2.15. The first-order valence-corrected chi connectivity index (χ1v) is 5.97. The van der Waals surface area contributed by atoms with E-state index in [-0.39, 0.29) is 0 Å². The highest BCUT2D eigenvalue weighted by molar-refractivity contribution is 7.71. The molecule has 0 atom stereocenters. The Morgan fingerprint density at radius 3 is 2.74 bits per heavy atom. The van der Waals surface area contributed by atoms with E-state index < -0.39 is 0 Å². The van der Waals surface area contributed by atoms with Crippen molar-refractivity contribution in [2.24, 2.45) is 0 Å². The van der Waals surface area contributed by atoms with Gasteiger partial charge < -0.3 is 14.8 Å². The zero-order valence-electron chi connectivity index (χ0n) is 10.9. The van der Waals surface area contributed by atoms with Crippen LogP contribution in [-0.4, -0.2) is 29.4 Å². The molecule has 0 radical (unpaired) electrons. The van der Waals surface area contributed by atoms with Gasteiger partial charge >= 0.3 is 0 Å². The van der Waals surface area contributed by atoms with Crippen molar-refractivity contribution in [2.45, 2.75) is 6.92 Å². The van der Waals surface area contributed by atoms with Crippen LogP contribution in [0.3, 0.4) is 0 Å². The summed E-state index contributed by atoms with van der Waals surface area (Å²) in [5, 5.41) is 9.82. The average molecular weight is 278 g/mol. The van der Waals surface area contributed by atoms with Crippen LogP contribution in [0.15, 0.2) is 18.2 Å². The summed E-state index contributed by atoms with van der Waals surface area (Å²) in [5.41, 5.74) is 1.48. The van der Waals surface area contributed by atoms with Crippen LogP contribution in [0.2, 0.25) is 0 Å². The molecular weight excluding hydrogens is 264 g/mol.